The van der Waals surface area contributed by atoms with E-state index in [-0.39, 0.29) is 55.7 Å². The lowest BCUT2D eigenvalue weighted by molar-refractivity contribution is -0.131. The molecule has 0 saturated heterocycles. The smallest absolute Gasteiger partial charge is 0.408 e. The molecule has 4 amide bonds. The number of ether oxygens (including phenoxy) is 1. The fourth-order valence-corrected chi connectivity index (χ4v) is 4.40. The first-order valence-corrected chi connectivity index (χ1v) is 15.6. The van der Waals surface area contributed by atoms with E-state index in [9.17, 15) is 19.2 Å². The van der Waals surface area contributed by atoms with Crippen molar-refractivity contribution in [1.29, 1.82) is 0 Å². The summed E-state index contributed by atoms with van der Waals surface area (Å²) < 4.78 is 5.32. The van der Waals surface area contributed by atoms with Gasteiger partial charge in [0.1, 0.15) is 18.7 Å². The second kappa shape index (κ2) is 20.2. The van der Waals surface area contributed by atoms with Crippen LogP contribution in [0.4, 0.5) is 4.79 Å². The van der Waals surface area contributed by atoms with E-state index in [0.717, 1.165) is 11.1 Å². The van der Waals surface area contributed by atoms with Crippen LogP contribution in [0.5, 0.6) is 0 Å². The van der Waals surface area contributed by atoms with Gasteiger partial charge in [0.25, 0.3) is 0 Å². The fraction of sp³-hybridized carbons (Fsp3) is 0.441. The van der Waals surface area contributed by atoms with E-state index in [0.29, 0.717) is 12.8 Å². The van der Waals surface area contributed by atoms with Crippen LogP contribution in [0.25, 0.3) is 6.08 Å². The van der Waals surface area contributed by atoms with E-state index in [1.165, 1.54) is 6.08 Å². The Balaban J connectivity index is 2.06. The minimum Gasteiger partial charge on any atom is -0.445 e. The summed E-state index contributed by atoms with van der Waals surface area (Å²) in [6.07, 6.45) is 3.34. The van der Waals surface area contributed by atoms with Crippen LogP contribution < -0.4 is 32.7 Å². The van der Waals surface area contributed by atoms with Gasteiger partial charge in [-0.1, -0.05) is 88.4 Å². The van der Waals surface area contributed by atoms with Gasteiger partial charge in [-0.05, 0) is 48.3 Å². The molecule has 2 aromatic rings. The first-order chi connectivity index (χ1) is 21.9. The maximum atomic E-state index is 13.5. The Morgan fingerprint density at radius 2 is 1.48 bits per heavy atom. The van der Waals surface area contributed by atoms with Gasteiger partial charge in [-0.15, -0.1) is 0 Å². The molecule has 0 aliphatic rings. The number of aliphatic imine (C=N–C) groups is 1. The Morgan fingerprint density at radius 3 is 2.09 bits per heavy atom. The molecule has 0 saturated carbocycles. The zero-order chi connectivity index (χ0) is 33.9. The molecule has 250 valence electrons. The lowest BCUT2D eigenvalue weighted by atomic mass is 9.99. The highest BCUT2D eigenvalue weighted by molar-refractivity contribution is 5.92. The van der Waals surface area contributed by atoms with Crippen LogP contribution in [-0.4, -0.2) is 61.0 Å². The number of rotatable bonds is 18. The average molecular weight is 636 g/mol. The van der Waals surface area contributed by atoms with E-state index in [2.05, 4.69) is 26.3 Å². The Labute approximate surface area is 271 Å². The van der Waals surface area contributed by atoms with Crippen LogP contribution in [0.15, 0.2) is 71.7 Å². The summed E-state index contributed by atoms with van der Waals surface area (Å²) in [4.78, 5) is 56.0. The molecule has 0 aliphatic carbocycles. The van der Waals surface area contributed by atoms with Gasteiger partial charge < -0.3 is 37.5 Å². The Kier molecular flexibility index (Phi) is 16.4. The molecule has 0 spiro atoms. The van der Waals surface area contributed by atoms with Crippen molar-refractivity contribution in [1.82, 2.24) is 21.3 Å². The fourth-order valence-electron chi connectivity index (χ4n) is 4.40. The third-order valence-corrected chi connectivity index (χ3v) is 6.96. The predicted molar refractivity (Wildman–Crippen MR) is 180 cm³/mol. The number of guanidine groups is 1. The molecule has 0 aromatic heterocycles. The highest BCUT2D eigenvalue weighted by atomic mass is 16.5. The predicted octanol–water partition coefficient (Wildman–Crippen LogP) is 2.84. The molecule has 0 aliphatic heterocycles. The Morgan fingerprint density at radius 1 is 0.848 bits per heavy atom. The molecule has 2 unspecified atom stereocenters. The van der Waals surface area contributed by atoms with Gasteiger partial charge >= 0.3 is 6.09 Å². The van der Waals surface area contributed by atoms with Crippen LogP contribution >= 0.6 is 0 Å². The van der Waals surface area contributed by atoms with Gasteiger partial charge in [-0.2, -0.15) is 0 Å². The minimum absolute atomic E-state index is 0.0120. The number of nitrogens with zero attached hydrogens (tertiary/aromatic N) is 1. The van der Waals surface area contributed by atoms with Gasteiger partial charge in [0, 0.05) is 25.2 Å². The second-order valence-electron chi connectivity index (χ2n) is 11.7. The Hall–Kier alpha value is -4.87. The van der Waals surface area contributed by atoms with Crippen LogP contribution in [0.2, 0.25) is 0 Å². The summed E-state index contributed by atoms with van der Waals surface area (Å²) >= 11 is 0. The number of hydrogen-bond acceptors (Lipinski definition) is 6. The molecular formula is C34H49N7O5. The number of carbonyl (C=O) groups excluding carboxylic acids is 4. The Bertz CT molecular complexity index is 1300. The quantitative estimate of drug-likeness (QED) is 0.0628. The molecule has 3 atom stereocenters. The molecule has 2 aromatic carbocycles. The SMILES string of the molecule is CC(C)CC(NC(=O)C(CCCN=C(N)N)NC(=O)OCc1ccccc1)C(=O)N[C@H](CNC(=O)C=Cc1ccccc1)C(C)C. The standard InChI is InChI=1S/C34H49N7O5/c1-23(2)20-28(32(44)40-29(24(3)4)21-38-30(42)18-17-25-12-7-5-8-13-25)39-31(43)27(16-11-19-37-33(35)36)41-34(45)46-22-26-14-9-6-10-15-26/h5-10,12-15,17-18,23-24,27-29H,11,16,19-22H2,1-4H3,(H,38,42)(H,39,43)(H,40,44)(H,41,45)(H4,35,36,37)/t27?,28?,29-/m1/s1. The summed E-state index contributed by atoms with van der Waals surface area (Å²) in [7, 11) is 0. The van der Waals surface area contributed by atoms with Crippen molar-refractivity contribution in [3.05, 3.63) is 77.9 Å². The van der Waals surface area contributed by atoms with Gasteiger partial charge in [0.05, 0.1) is 0 Å². The first-order valence-electron chi connectivity index (χ1n) is 15.6. The van der Waals surface area contributed by atoms with E-state index in [1.807, 2.05) is 88.4 Å². The van der Waals surface area contributed by atoms with Crippen molar-refractivity contribution in [2.24, 2.45) is 28.3 Å². The van der Waals surface area contributed by atoms with Crippen LogP contribution in [0, 0.1) is 11.8 Å². The average Bonchev–Trinajstić information content (AvgIpc) is 3.02. The van der Waals surface area contributed by atoms with Crippen molar-refractivity contribution in [2.45, 2.75) is 71.7 Å². The third kappa shape index (κ3) is 15.2. The highest BCUT2D eigenvalue weighted by Gasteiger charge is 2.29. The summed E-state index contributed by atoms with van der Waals surface area (Å²) in [5, 5.41) is 11.3. The number of alkyl carbamates (subject to hydrolysis) is 1. The molecule has 0 bridgehead atoms. The van der Waals surface area contributed by atoms with Crippen molar-refractivity contribution in [2.75, 3.05) is 13.1 Å². The van der Waals surface area contributed by atoms with Crippen molar-refractivity contribution < 1.29 is 23.9 Å². The molecule has 46 heavy (non-hydrogen) atoms. The molecular weight excluding hydrogens is 586 g/mol. The first kappa shape index (κ1) is 37.3. The lowest BCUT2D eigenvalue weighted by Gasteiger charge is -2.28. The van der Waals surface area contributed by atoms with Crippen LogP contribution in [-0.2, 0) is 25.7 Å². The summed E-state index contributed by atoms with van der Waals surface area (Å²) in [5.41, 5.74) is 12.5. The van der Waals surface area contributed by atoms with E-state index in [4.69, 9.17) is 16.2 Å². The summed E-state index contributed by atoms with van der Waals surface area (Å²) in [5.74, 6) is -1.23. The van der Waals surface area contributed by atoms with Gasteiger partial charge in [-0.3, -0.25) is 19.4 Å². The molecule has 0 fully saturated rings. The maximum absolute atomic E-state index is 13.5. The maximum Gasteiger partial charge on any atom is 0.408 e. The van der Waals surface area contributed by atoms with E-state index >= 15 is 0 Å². The third-order valence-electron chi connectivity index (χ3n) is 6.96. The molecule has 0 heterocycles. The number of benzene rings is 2. The van der Waals surface area contributed by atoms with E-state index in [1.54, 1.807) is 6.08 Å². The van der Waals surface area contributed by atoms with Crippen molar-refractivity contribution in [3.63, 3.8) is 0 Å². The highest BCUT2D eigenvalue weighted by Crippen LogP contribution is 2.10. The summed E-state index contributed by atoms with van der Waals surface area (Å²) in [6.45, 7) is 8.24. The molecule has 12 heteroatoms. The zero-order valence-corrected chi connectivity index (χ0v) is 27.2. The number of carbonyl (C=O) groups is 4. The summed E-state index contributed by atoms with van der Waals surface area (Å²) in [6, 6.07) is 16.3. The molecule has 8 N–H and O–H groups in total. The molecule has 2 rings (SSSR count). The number of amides is 4. The largest absolute Gasteiger partial charge is 0.445 e. The second-order valence-corrected chi connectivity index (χ2v) is 11.7. The van der Waals surface area contributed by atoms with Crippen LogP contribution in [0.3, 0.4) is 0 Å². The van der Waals surface area contributed by atoms with Crippen molar-refractivity contribution in [3.8, 4) is 0 Å². The number of nitrogens with one attached hydrogen (secondary N) is 4. The molecule has 12 nitrogen and oxygen atoms in total. The lowest BCUT2D eigenvalue weighted by Crippen LogP contribution is -2.57. The zero-order valence-electron chi connectivity index (χ0n) is 27.2. The monoisotopic (exact) mass is 635 g/mol. The normalized spacial score (nSPS) is 13.0. The van der Waals surface area contributed by atoms with Gasteiger partial charge in [0.15, 0.2) is 5.96 Å². The van der Waals surface area contributed by atoms with Gasteiger partial charge in [-0.25, -0.2) is 4.79 Å². The van der Waals surface area contributed by atoms with Gasteiger partial charge in [0.2, 0.25) is 17.7 Å². The van der Waals surface area contributed by atoms with E-state index < -0.39 is 30.1 Å². The van der Waals surface area contributed by atoms with Crippen molar-refractivity contribution >= 4 is 35.9 Å². The topological polar surface area (TPSA) is 190 Å². The minimum atomic E-state index is -1.00. The number of nitrogens with two attached hydrogens (primary N) is 2. The number of hydrogen-bond donors (Lipinski definition) is 6. The molecule has 0 radical (unpaired) electrons. The van der Waals surface area contributed by atoms with Crippen LogP contribution in [0.1, 0.15) is 58.1 Å².